The molecule has 1 aromatic carbocycles. The van der Waals surface area contributed by atoms with Crippen molar-refractivity contribution in [3.05, 3.63) is 27.7 Å². The molecule has 0 unspecified atom stereocenters. The maximum absolute atomic E-state index is 12.3. The fourth-order valence-corrected chi connectivity index (χ4v) is 4.17. The molecule has 4 nitrogen and oxygen atoms in total. The van der Waals surface area contributed by atoms with Gasteiger partial charge >= 0.3 is 0 Å². The third kappa shape index (κ3) is 3.79. The average molecular weight is 395 g/mol. The average Bonchev–Trinajstić information content (AvgIpc) is 3.17. The lowest BCUT2D eigenvalue weighted by Crippen LogP contribution is -2.30. The first kappa shape index (κ1) is 16.8. The first-order valence-corrected chi connectivity index (χ1v) is 9.82. The highest BCUT2D eigenvalue weighted by molar-refractivity contribution is 9.10. The molecular formula is C14H17BrClNO3S. The van der Waals surface area contributed by atoms with E-state index in [0.717, 1.165) is 19.3 Å². The van der Waals surface area contributed by atoms with Crippen molar-refractivity contribution in [1.29, 1.82) is 0 Å². The summed E-state index contributed by atoms with van der Waals surface area (Å²) in [5.74, 6) is -0.268. The van der Waals surface area contributed by atoms with Crippen molar-refractivity contribution in [3.63, 3.8) is 0 Å². The molecule has 7 heteroatoms. The summed E-state index contributed by atoms with van der Waals surface area (Å²) in [4.78, 5) is 12.3. The molecule has 1 fully saturated rings. The van der Waals surface area contributed by atoms with Crippen molar-refractivity contribution in [2.75, 3.05) is 6.54 Å². The Balaban J connectivity index is 2.27. The summed E-state index contributed by atoms with van der Waals surface area (Å²) in [6.45, 7) is 4.32. The number of nitrogens with one attached hydrogen (secondary N) is 1. The highest BCUT2D eigenvalue weighted by atomic mass is 79.9. The van der Waals surface area contributed by atoms with Gasteiger partial charge in [-0.15, -0.1) is 0 Å². The number of halogens is 2. The van der Waals surface area contributed by atoms with Crippen LogP contribution in [-0.4, -0.2) is 20.9 Å². The lowest BCUT2D eigenvalue weighted by molar-refractivity contribution is 0.0943. The first-order chi connectivity index (χ1) is 9.68. The zero-order chi connectivity index (χ0) is 15.8. The van der Waals surface area contributed by atoms with Gasteiger partial charge in [-0.25, -0.2) is 8.42 Å². The topological polar surface area (TPSA) is 63.2 Å². The van der Waals surface area contributed by atoms with E-state index in [-0.39, 0.29) is 16.2 Å². The Labute approximate surface area is 137 Å². The summed E-state index contributed by atoms with van der Waals surface area (Å²) in [7, 11) is 1.53. The first-order valence-electron chi connectivity index (χ1n) is 6.71. The van der Waals surface area contributed by atoms with Gasteiger partial charge in [0.1, 0.15) is 0 Å². The van der Waals surface area contributed by atoms with Gasteiger partial charge in [0, 0.05) is 27.3 Å². The number of carbonyl (C=O) groups excluding carboxylic acids is 1. The van der Waals surface area contributed by atoms with E-state index in [2.05, 4.69) is 28.2 Å². The zero-order valence-electron chi connectivity index (χ0n) is 11.9. The molecule has 21 heavy (non-hydrogen) atoms. The number of amides is 1. The number of benzene rings is 1. The summed E-state index contributed by atoms with van der Waals surface area (Å²) < 4.78 is 23.6. The largest absolute Gasteiger partial charge is 0.351 e. The summed E-state index contributed by atoms with van der Waals surface area (Å²) in [6.07, 6.45) is 3.29. The van der Waals surface area contributed by atoms with Crippen LogP contribution in [0, 0.1) is 12.3 Å². The molecule has 1 aliphatic rings. The Hall–Kier alpha value is -0.590. The minimum absolute atomic E-state index is 0.0414. The van der Waals surface area contributed by atoms with Crippen molar-refractivity contribution in [2.24, 2.45) is 5.41 Å². The molecule has 1 aromatic rings. The Morgan fingerprint density at radius 3 is 2.52 bits per heavy atom. The van der Waals surface area contributed by atoms with Gasteiger partial charge in [-0.2, -0.15) is 0 Å². The number of hydrogen-bond acceptors (Lipinski definition) is 3. The van der Waals surface area contributed by atoms with Crippen LogP contribution >= 0.6 is 26.6 Å². The fraction of sp³-hybridized carbons (Fsp3) is 0.500. The van der Waals surface area contributed by atoms with Crippen LogP contribution in [0.15, 0.2) is 21.5 Å². The van der Waals surface area contributed by atoms with E-state index < -0.39 is 9.05 Å². The van der Waals surface area contributed by atoms with E-state index in [9.17, 15) is 13.2 Å². The predicted octanol–water partition coefficient (Wildman–Crippen LogP) is 3.61. The van der Waals surface area contributed by atoms with Gasteiger partial charge in [-0.1, -0.05) is 22.9 Å². The van der Waals surface area contributed by atoms with Crippen LogP contribution in [0.5, 0.6) is 0 Å². The zero-order valence-corrected chi connectivity index (χ0v) is 15.0. The second kappa shape index (κ2) is 5.89. The lowest BCUT2D eigenvalue weighted by atomic mass is 10.0. The van der Waals surface area contributed by atoms with E-state index in [4.69, 9.17) is 10.7 Å². The van der Waals surface area contributed by atoms with Crippen LogP contribution in [-0.2, 0) is 9.05 Å². The van der Waals surface area contributed by atoms with Crippen molar-refractivity contribution in [3.8, 4) is 0 Å². The van der Waals surface area contributed by atoms with E-state index in [1.54, 1.807) is 13.0 Å². The van der Waals surface area contributed by atoms with Gasteiger partial charge in [0.25, 0.3) is 15.0 Å². The Morgan fingerprint density at radius 2 is 2.05 bits per heavy atom. The third-order valence-corrected chi connectivity index (χ3v) is 6.07. The Bertz CT molecular complexity index is 684. The molecule has 0 bridgehead atoms. The molecule has 1 amide bonds. The highest BCUT2D eigenvalue weighted by Gasteiger charge is 2.40. The van der Waals surface area contributed by atoms with Gasteiger partial charge in [-0.3, -0.25) is 4.79 Å². The number of hydrogen-bond donors (Lipinski definition) is 1. The van der Waals surface area contributed by atoms with Crippen LogP contribution in [0.2, 0.25) is 0 Å². The standard InChI is InChI=1S/C14H17BrClNO3S/c1-3-14(4-5-14)8-17-13(18)11-6-10(15)7-12(9(11)2)21(16,19)20/h6-7H,3-5,8H2,1-2H3,(H,17,18). The summed E-state index contributed by atoms with van der Waals surface area (Å²) in [5, 5.41) is 2.90. The van der Waals surface area contributed by atoms with Crippen molar-refractivity contribution < 1.29 is 13.2 Å². The maximum atomic E-state index is 12.3. The lowest BCUT2D eigenvalue weighted by Gasteiger charge is -2.15. The van der Waals surface area contributed by atoms with Gasteiger partial charge in [0.15, 0.2) is 0 Å². The summed E-state index contributed by atoms with van der Waals surface area (Å²) >= 11 is 3.22. The van der Waals surface area contributed by atoms with Gasteiger partial charge < -0.3 is 5.32 Å². The van der Waals surface area contributed by atoms with Crippen molar-refractivity contribution in [2.45, 2.75) is 38.0 Å². The minimum atomic E-state index is -3.89. The molecule has 0 aromatic heterocycles. The molecule has 0 aliphatic heterocycles. The van der Waals surface area contributed by atoms with Gasteiger partial charge in [-0.05, 0) is 49.3 Å². The molecular weight excluding hydrogens is 378 g/mol. The second-order valence-electron chi connectivity index (χ2n) is 5.55. The van der Waals surface area contributed by atoms with Crippen molar-refractivity contribution in [1.82, 2.24) is 5.32 Å². The van der Waals surface area contributed by atoms with E-state index >= 15 is 0 Å². The third-order valence-electron chi connectivity index (χ3n) is 4.16. The number of carbonyl (C=O) groups is 1. The van der Waals surface area contributed by atoms with Crippen LogP contribution in [0.4, 0.5) is 0 Å². The maximum Gasteiger partial charge on any atom is 0.261 e. The Morgan fingerprint density at radius 1 is 1.43 bits per heavy atom. The molecule has 0 atom stereocenters. The van der Waals surface area contributed by atoms with Crippen molar-refractivity contribution >= 4 is 41.6 Å². The molecule has 1 aliphatic carbocycles. The second-order valence-corrected chi connectivity index (χ2v) is 9.00. The normalized spacial score (nSPS) is 16.6. The molecule has 2 rings (SSSR count). The van der Waals surface area contributed by atoms with Gasteiger partial charge in [0.2, 0.25) is 0 Å². The predicted molar refractivity (Wildman–Crippen MR) is 86.2 cm³/mol. The van der Waals surface area contributed by atoms with Crippen LogP contribution in [0.3, 0.4) is 0 Å². The van der Waals surface area contributed by atoms with Crippen LogP contribution in [0.25, 0.3) is 0 Å². The molecule has 1 N–H and O–H groups in total. The molecule has 0 heterocycles. The molecule has 0 saturated heterocycles. The summed E-state index contributed by atoms with van der Waals surface area (Å²) in [5.41, 5.74) is 0.930. The smallest absolute Gasteiger partial charge is 0.261 e. The molecule has 1 saturated carbocycles. The quantitative estimate of drug-likeness (QED) is 0.776. The van der Waals surface area contributed by atoms with E-state index in [0.29, 0.717) is 22.1 Å². The van der Waals surface area contributed by atoms with Crippen LogP contribution < -0.4 is 5.32 Å². The highest BCUT2D eigenvalue weighted by Crippen LogP contribution is 2.47. The SMILES string of the molecule is CCC1(CNC(=O)c2cc(Br)cc(S(=O)(=O)Cl)c2C)CC1. The monoisotopic (exact) mass is 393 g/mol. The molecule has 0 spiro atoms. The molecule has 116 valence electrons. The number of rotatable bonds is 5. The Kier molecular flexibility index (Phi) is 4.71. The fourth-order valence-electron chi connectivity index (χ4n) is 2.34. The van der Waals surface area contributed by atoms with E-state index in [1.165, 1.54) is 6.07 Å². The summed E-state index contributed by atoms with van der Waals surface area (Å²) in [6, 6.07) is 3.02. The molecule has 0 radical (unpaired) electrons. The minimum Gasteiger partial charge on any atom is -0.351 e. The van der Waals surface area contributed by atoms with Gasteiger partial charge in [0.05, 0.1) is 4.90 Å². The van der Waals surface area contributed by atoms with Crippen LogP contribution in [0.1, 0.15) is 42.1 Å². The van der Waals surface area contributed by atoms with E-state index in [1.807, 2.05) is 0 Å².